The van der Waals surface area contributed by atoms with E-state index in [1.54, 1.807) is 0 Å². The topological polar surface area (TPSA) is 18.5 Å². The van der Waals surface area contributed by atoms with Crippen molar-refractivity contribution in [3.05, 3.63) is 0 Å². The lowest BCUT2D eigenvalue weighted by Crippen LogP contribution is -2.73. The predicted molar refractivity (Wildman–Crippen MR) is 128 cm³/mol. The van der Waals surface area contributed by atoms with Crippen LogP contribution < -0.4 is 0 Å². The number of ether oxygens (including phenoxy) is 2. The van der Waals surface area contributed by atoms with E-state index in [2.05, 4.69) is 39.5 Å². The van der Waals surface area contributed by atoms with Gasteiger partial charge in [0, 0.05) is 0 Å². The first-order valence-electron chi connectivity index (χ1n) is 13.0. The third-order valence-electron chi connectivity index (χ3n) is 11.1. The van der Waals surface area contributed by atoms with Crippen LogP contribution in [0.25, 0.3) is 0 Å². The Morgan fingerprint density at radius 3 is 1.09 bits per heavy atom. The molecule has 4 unspecified atom stereocenters. The lowest BCUT2D eigenvalue weighted by atomic mass is 9.27. The summed E-state index contributed by atoms with van der Waals surface area (Å²) in [7, 11) is 0. The highest BCUT2D eigenvalue weighted by Gasteiger charge is 2.76. The summed E-state index contributed by atoms with van der Waals surface area (Å²) in [6, 6.07) is 0. The van der Waals surface area contributed by atoms with E-state index in [0.717, 1.165) is 0 Å². The maximum Gasteiger partial charge on any atom is 0.108 e. The zero-order chi connectivity index (χ0) is 22.7. The Balaban J connectivity index is 1.47. The summed E-state index contributed by atoms with van der Waals surface area (Å²) in [5.41, 5.74) is 2.12. The molecule has 0 aliphatic heterocycles. The van der Waals surface area contributed by atoms with Crippen molar-refractivity contribution in [2.75, 3.05) is 13.2 Å². The Morgan fingerprint density at radius 2 is 0.812 bits per heavy atom. The molecule has 8 saturated carbocycles. The van der Waals surface area contributed by atoms with Crippen LogP contribution in [0.5, 0.6) is 0 Å². The van der Waals surface area contributed by atoms with Crippen molar-refractivity contribution in [1.29, 1.82) is 0 Å². The molecule has 8 bridgehead atoms. The van der Waals surface area contributed by atoms with Crippen LogP contribution >= 0.6 is 0 Å². The van der Waals surface area contributed by atoms with Crippen molar-refractivity contribution in [2.24, 2.45) is 32.5 Å². The first-order chi connectivity index (χ1) is 14.9. The lowest BCUT2D eigenvalue weighted by Gasteiger charge is -2.79. The van der Waals surface area contributed by atoms with Crippen molar-refractivity contribution in [3.63, 3.8) is 0 Å². The minimum absolute atomic E-state index is 0.0252. The van der Waals surface area contributed by atoms with Gasteiger partial charge in [-0.1, -0.05) is 39.5 Å². The molecule has 0 radical (unpaired) electrons. The number of hydrogen-bond donors (Lipinski definition) is 0. The van der Waals surface area contributed by atoms with E-state index in [1.807, 2.05) is 0 Å². The molecule has 0 saturated heterocycles. The van der Waals surface area contributed by atoms with Gasteiger partial charge in [-0.2, -0.15) is 0 Å². The zero-order valence-corrected chi connectivity index (χ0v) is 20.9. The first-order valence-corrected chi connectivity index (χ1v) is 13.0. The molecule has 2 nitrogen and oxygen atoms in total. The van der Waals surface area contributed by atoms with Crippen LogP contribution in [0.15, 0.2) is 0 Å². The van der Waals surface area contributed by atoms with E-state index in [0.29, 0.717) is 45.7 Å². The second kappa shape index (κ2) is 5.99. The molecule has 0 aromatic carbocycles. The van der Waals surface area contributed by atoms with Crippen LogP contribution in [0.4, 0.5) is 0 Å². The van der Waals surface area contributed by atoms with Gasteiger partial charge in [-0.15, -0.1) is 12.8 Å². The smallest absolute Gasteiger partial charge is 0.108 e. The molecule has 2 heteroatoms. The normalized spacial score (nSPS) is 59.2. The van der Waals surface area contributed by atoms with Gasteiger partial charge in [0.15, 0.2) is 0 Å². The molecule has 0 amide bonds. The van der Waals surface area contributed by atoms with E-state index in [9.17, 15) is 0 Å². The van der Waals surface area contributed by atoms with Crippen molar-refractivity contribution in [3.8, 4) is 24.7 Å². The fraction of sp³-hybridized carbons (Fsp3) is 0.867. The molecule has 174 valence electrons. The summed E-state index contributed by atoms with van der Waals surface area (Å²) in [6.07, 6.45) is 26.8. The van der Waals surface area contributed by atoms with Gasteiger partial charge in [0.2, 0.25) is 0 Å². The molecule has 32 heavy (non-hydrogen) atoms. The summed E-state index contributed by atoms with van der Waals surface area (Å²) in [5.74, 6) is 5.59. The lowest BCUT2D eigenvalue weighted by molar-refractivity contribution is -0.327. The molecule has 0 heterocycles. The van der Waals surface area contributed by atoms with Crippen LogP contribution in [0.1, 0.15) is 105 Å². The zero-order valence-electron chi connectivity index (χ0n) is 20.9. The third-order valence-corrected chi connectivity index (χ3v) is 11.1. The molecule has 8 rings (SSSR count). The van der Waals surface area contributed by atoms with Gasteiger partial charge < -0.3 is 9.47 Å². The highest BCUT2D eigenvalue weighted by Crippen LogP contribution is 2.83. The number of rotatable bonds is 5. The van der Waals surface area contributed by atoms with Crippen LogP contribution in [-0.2, 0) is 9.47 Å². The highest BCUT2D eigenvalue weighted by atomic mass is 16.5. The van der Waals surface area contributed by atoms with E-state index in [4.69, 9.17) is 22.3 Å². The minimum Gasteiger partial charge on any atom is -0.362 e. The van der Waals surface area contributed by atoms with Crippen molar-refractivity contribution < 1.29 is 9.47 Å². The Kier molecular flexibility index (Phi) is 4.04. The van der Waals surface area contributed by atoms with Gasteiger partial charge in [-0.05, 0) is 110 Å². The van der Waals surface area contributed by atoms with Crippen molar-refractivity contribution in [2.45, 2.75) is 116 Å². The Bertz CT molecular complexity index is 817. The summed E-state index contributed by atoms with van der Waals surface area (Å²) >= 11 is 0. The molecule has 8 fully saturated rings. The monoisotopic (exact) mass is 434 g/mol. The molecule has 8 aliphatic carbocycles. The first kappa shape index (κ1) is 21.6. The highest BCUT2D eigenvalue weighted by molar-refractivity contribution is 5.27. The maximum absolute atomic E-state index is 6.66. The Morgan fingerprint density at radius 1 is 0.500 bits per heavy atom. The number of hydrogen-bond acceptors (Lipinski definition) is 2. The molecule has 0 N–H and O–H groups in total. The van der Waals surface area contributed by atoms with E-state index in [1.165, 1.54) is 77.0 Å². The second-order valence-corrected chi connectivity index (χ2v) is 15.3. The van der Waals surface area contributed by atoms with Crippen molar-refractivity contribution >= 4 is 0 Å². The van der Waals surface area contributed by atoms with Gasteiger partial charge >= 0.3 is 0 Å². The van der Waals surface area contributed by atoms with Crippen molar-refractivity contribution in [1.82, 2.24) is 0 Å². The van der Waals surface area contributed by atoms with Gasteiger partial charge in [0.25, 0.3) is 0 Å². The van der Waals surface area contributed by atoms with Gasteiger partial charge in [-0.25, -0.2) is 0 Å². The van der Waals surface area contributed by atoms with Gasteiger partial charge in [0.1, 0.15) is 13.2 Å². The van der Waals surface area contributed by atoms with Crippen LogP contribution in [-0.4, -0.2) is 24.4 Å². The Hall–Kier alpha value is -0.960. The fourth-order valence-corrected chi connectivity index (χ4v) is 13.0. The average molecular weight is 435 g/mol. The molecular formula is C30H42O2. The van der Waals surface area contributed by atoms with Crippen LogP contribution in [0.2, 0.25) is 0 Å². The summed E-state index contributed by atoms with van der Waals surface area (Å²) in [6.45, 7) is 11.2. The second-order valence-electron chi connectivity index (χ2n) is 15.3. The van der Waals surface area contributed by atoms with E-state index < -0.39 is 0 Å². The molecular weight excluding hydrogens is 392 g/mol. The summed E-state index contributed by atoms with van der Waals surface area (Å²) in [4.78, 5) is 0. The summed E-state index contributed by atoms with van der Waals surface area (Å²) < 4.78 is 13.3. The largest absolute Gasteiger partial charge is 0.362 e. The fourth-order valence-electron chi connectivity index (χ4n) is 13.0. The molecule has 0 aromatic rings. The molecule has 4 atom stereocenters. The minimum atomic E-state index is -0.0252. The Labute approximate surface area is 196 Å². The molecule has 0 aromatic heterocycles. The molecule has 0 spiro atoms. The van der Waals surface area contributed by atoms with E-state index >= 15 is 0 Å². The SMILES string of the molecule is C#CCOC12CC3(C)CC(C)(C1)CC(C14CC5(C)CC(C)(CC(OCC#C)(C5)C1)C4)(C3)C2. The molecule has 8 aliphatic rings. The van der Waals surface area contributed by atoms with Crippen LogP contribution in [0.3, 0.4) is 0 Å². The van der Waals surface area contributed by atoms with Gasteiger partial charge in [-0.3, -0.25) is 0 Å². The standard InChI is InChI=1S/C30H42O2/c1-7-9-31-29-17-23(3)11-24(4,18-29)14-27(13-23,21-29)28-15-25(5)12-26(6,16-28)20-30(19-25,22-28)32-10-8-2/h1-2H,9-22H2,3-6H3. The quantitative estimate of drug-likeness (QED) is 0.458. The predicted octanol–water partition coefficient (Wildman–Crippen LogP) is 6.52. The van der Waals surface area contributed by atoms with E-state index in [-0.39, 0.29) is 11.2 Å². The number of terminal acetylenes is 2. The summed E-state index contributed by atoms with van der Waals surface area (Å²) in [5, 5.41) is 0. The third kappa shape index (κ3) is 2.82. The maximum atomic E-state index is 6.66. The average Bonchev–Trinajstić information content (AvgIpc) is 2.59. The van der Waals surface area contributed by atoms with Crippen LogP contribution in [0, 0.1) is 57.2 Å². The van der Waals surface area contributed by atoms with Gasteiger partial charge in [0.05, 0.1) is 11.2 Å².